The fourth-order valence-electron chi connectivity index (χ4n) is 5.57. The molecule has 0 spiro atoms. The standard InChI is InChI=1S/C22H33N5O/c1-3-19(26-11-8-23-9-12-26)4-2-17(1)15-21-22-20(18-6-13-28-14-7-18)5-10-27(22)25-16-24-21/h5,10,16-19,23H,1-4,6-9,11-15H2. The Hall–Kier alpha value is -1.50. The van der Waals surface area contributed by atoms with E-state index >= 15 is 0 Å². The lowest BCUT2D eigenvalue weighted by atomic mass is 9.82. The minimum Gasteiger partial charge on any atom is -0.381 e. The van der Waals surface area contributed by atoms with Crippen molar-refractivity contribution in [1.82, 2.24) is 24.8 Å². The molecular formula is C22H33N5O. The molecule has 0 radical (unpaired) electrons. The van der Waals surface area contributed by atoms with Gasteiger partial charge in [0.1, 0.15) is 6.33 Å². The molecule has 6 nitrogen and oxygen atoms in total. The Morgan fingerprint density at radius 3 is 2.61 bits per heavy atom. The van der Waals surface area contributed by atoms with Gasteiger partial charge in [-0.05, 0) is 68.4 Å². The normalized spacial score (nSPS) is 28.0. The van der Waals surface area contributed by atoms with E-state index in [2.05, 4.69) is 32.1 Å². The van der Waals surface area contributed by atoms with E-state index in [0.717, 1.165) is 57.5 Å². The van der Waals surface area contributed by atoms with Gasteiger partial charge in [-0.1, -0.05) is 0 Å². The molecule has 2 saturated heterocycles. The minimum atomic E-state index is 0.590. The second kappa shape index (κ2) is 8.47. The second-order valence-electron chi connectivity index (χ2n) is 8.82. The van der Waals surface area contributed by atoms with Crippen molar-refractivity contribution in [2.75, 3.05) is 39.4 Å². The molecule has 0 unspecified atom stereocenters. The number of hydrogen-bond acceptors (Lipinski definition) is 5. The van der Waals surface area contributed by atoms with Crippen LogP contribution < -0.4 is 5.32 Å². The van der Waals surface area contributed by atoms with Crippen LogP contribution in [0.25, 0.3) is 5.52 Å². The van der Waals surface area contributed by atoms with Gasteiger partial charge in [-0.25, -0.2) is 9.50 Å². The van der Waals surface area contributed by atoms with Crippen molar-refractivity contribution >= 4 is 5.52 Å². The highest BCUT2D eigenvalue weighted by atomic mass is 16.5. The average molecular weight is 384 g/mol. The molecule has 0 atom stereocenters. The van der Waals surface area contributed by atoms with Crippen LogP contribution >= 0.6 is 0 Å². The Kier molecular flexibility index (Phi) is 5.61. The van der Waals surface area contributed by atoms with Gasteiger partial charge in [0.25, 0.3) is 0 Å². The summed E-state index contributed by atoms with van der Waals surface area (Å²) in [6.07, 6.45) is 12.5. The summed E-state index contributed by atoms with van der Waals surface area (Å²) in [6.45, 7) is 6.51. The molecule has 28 heavy (non-hydrogen) atoms. The van der Waals surface area contributed by atoms with E-state index in [-0.39, 0.29) is 0 Å². The molecular weight excluding hydrogens is 350 g/mol. The molecule has 2 aromatic heterocycles. The first-order valence-corrected chi connectivity index (χ1v) is 11.2. The highest BCUT2D eigenvalue weighted by molar-refractivity contribution is 5.60. The van der Waals surface area contributed by atoms with Gasteiger partial charge < -0.3 is 10.1 Å². The van der Waals surface area contributed by atoms with Gasteiger partial charge in [-0.15, -0.1) is 0 Å². The first-order chi connectivity index (χ1) is 13.9. The summed E-state index contributed by atoms with van der Waals surface area (Å²) in [5.41, 5.74) is 3.97. The Morgan fingerprint density at radius 2 is 1.82 bits per heavy atom. The number of aromatic nitrogens is 3. The topological polar surface area (TPSA) is 54.7 Å². The van der Waals surface area contributed by atoms with Crippen molar-refractivity contribution in [2.45, 2.75) is 56.9 Å². The maximum Gasteiger partial charge on any atom is 0.136 e. The number of piperazine rings is 1. The zero-order valence-electron chi connectivity index (χ0n) is 16.9. The monoisotopic (exact) mass is 383 g/mol. The zero-order chi connectivity index (χ0) is 18.8. The molecule has 3 fully saturated rings. The fourth-order valence-corrected chi connectivity index (χ4v) is 5.57. The molecule has 1 saturated carbocycles. The molecule has 2 aliphatic heterocycles. The number of nitrogens with zero attached hydrogens (tertiary/aromatic N) is 4. The molecule has 0 bridgehead atoms. The largest absolute Gasteiger partial charge is 0.381 e. The lowest BCUT2D eigenvalue weighted by Crippen LogP contribution is -2.49. The van der Waals surface area contributed by atoms with Crippen LogP contribution in [-0.4, -0.2) is 64.9 Å². The van der Waals surface area contributed by atoms with Crippen molar-refractivity contribution in [3.63, 3.8) is 0 Å². The summed E-state index contributed by atoms with van der Waals surface area (Å²) in [4.78, 5) is 7.47. The summed E-state index contributed by atoms with van der Waals surface area (Å²) in [6, 6.07) is 3.07. The van der Waals surface area contributed by atoms with E-state index in [1.54, 1.807) is 6.33 Å². The van der Waals surface area contributed by atoms with Gasteiger partial charge >= 0.3 is 0 Å². The highest BCUT2D eigenvalue weighted by Gasteiger charge is 2.28. The van der Waals surface area contributed by atoms with Crippen LogP contribution in [0.3, 0.4) is 0 Å². The van der Waals surface area contributed by atoms with Crippen molar-refractivity contribution in [2.24, 2.45) is 5.92 Å². The summed E-state index contributed by atoms with van der Waals surface area (Å²) >= 11 is 0. The van der Waals surface area contributed by atoms with E-state index in [9.17, 15) is 0 Å². The van der Waals surface area contributed by atoms with Crippen LogP contribution in [0.2, 0.25) is 0 Å². The molecule has 1 N–H and O–H groups in total. The predicted molar refractivity (Wildman–Crippen MR) is 110 cm³/mol. The van der Waals surface area contributed by atoms with Crippen LogP contribution in [0.15, 0.2) is 18.6 Å². The number of fused-ring (bicyclic) bond motifs is 1. The first kappa shape index (κ1) is 18.5. The SMILES string of the molecule is c1nc(CC2CCC(N3CCNCC3)CC2)c2c(C3CCOCC3)ccn2n1. The fraction of sp³-hybridized carbons (Fsp3) is 0.727. The van der Waals surface area contributed by atoms with Crippen molar-refractivity contribution in [3.8, 4) is 0 Å². The van der Waals surface area contributed by atoms with Crippen LogP contribution in [-0.2, 0) is 11.2 Å². The van der Waals surface area contributed by atoms with Crippen LogP contribution in [0.1, 0.15) is 55.7 Å². The van der Waals surface area contributed by atoms with Crippen LogP contribution in [0.4, 0.5) is 0 Å². The molecule has 0 amide bonds. The van der Waals surface area contributed by atoms with Crippen LogP contribution in [0.5, 0.6) is 0 Å². The van der Waals surface area contributed by atoms with E-state index < -0.39 is 0 Å². The van der Waals surface area contributed by atoms with Gasteiger partial charge in [0.2, 0.25) is 0 Å². The molecule has 5 rings (SSSR count). The molecule has 4 heterocycles. The van der Waals surface area contributed by atoms with E-state index in [4.69, 9.17) is 9.72 Å². The molecule has 0 aromatic carbocycles. The lowest BCUT2D eigenvalue weighted by molar-refractivity contribution is 0.0856. The predicted octanol–water partition coefficient (Wildman–Crippen LogP) is 2.63. The number of ether oxygens (including phenoxy) is 1. The summed E-state index contributed by atoms with van der Waals surface area (Å²) in [5.74, 6) is 1.35. The highest BCUT2D eigenvalue weighted by Crippen LogP contribution is 2.34. The van der Waals surface area contributed by atoms with Gasteiger partial charge in [-0.2, -0.15) is 5.10 Å². The van der Waals surface area contributed by atoms with Crippen LogP contribution in [0, 0.1) is 5.92 Å². The quantitative estimate of drug-likeness (QED) is 0.880. The maximum atomic E-state index is 5.58. The van der Waals surface area contributed by atoms with E-state index in [0.29, 0.717) is 5.92 Å². The molecule has 3 aliphatic rings. The summed E-state index contributed by atoms with van der Waals surface area (Å²) in [5, 5.41) is 7.96. The van der Waals surface area contributed by atoms with E-state index in [1.165, 1.54) is 55.5 Å². The minimum absolute atomic E-state index is 0.590. The molecule has 152 valence electrons. The summed E-state index contributed by atoms with van der Waals surface area (Å²) < 4.78 is 7.63. The Morgan fingerprint density at radius 1 is 1.04 bits per heavy atom. The number of rotatable bonds is 4. The first-order valence-electron chi connectivity index (χ1n) is 11.2. The molecule has 1 aliphatic carbocycles. The Labute approximate surface area is 167 Å². The Balaban J connectivity index is 1.28. The number of hydrogen-bond donors (Lipinski definition) is 1. The third kappa shape index (κ3) is 3.82. The lowest BCUT2D eigenvalue weighted by Gasteiger charge is -2.39. The second-order valence-corrected chi connectivity index (χ2v) is 8.82. The van der Waals surface area contributed by atoms with Gasteiger partial charge in [0.05, 0.1) is 11.2 Å². The summed E-state index contributed by atoms with van der Waals surface area (Å²) in [7, 11) is 0. The van der Waals surface area contributed by atoms with Crippen molar-refractivity contribution in [1.29, 1.82) is 0 Å². The molecule has 6 heteroatoms. The van der Waals surface area contributed by atoms with Gasteiger partial charge in [0, 0.05) is 51.6 Å². The van der Waals surface area contributed by atoms with Gasteiger partial charge in [-0.3, -0.25) is 4.90 Å². The maximum absolute atomic E-state index is 5.58. The van der Waals surface area contributed by atoms with E-state index in [1.807, 2.05) is 0 Å². The molecule has 2 aromatic rings. The average Bonchev–Trinajstić information content (AvgIpc) is 3.21. The Bertz CT molecular complexity index is 770. The third-order valence-corrected chi connectivity index (χ3v) is 7.19. The smallest absolute Gasteiger partial charge is 0.136 e. The van der Waals surface area contributed by atoms with Gasteiger partial charge in [0.15, 0.2) is 0 Å². The van der Waals surface area contributed by atoms with Crippen molar-refractivity contribution in [3.05, 3.63) is 29.8 Å². The third-order valence-electron chi connectivity index (χ3n) is 7.19. The zero-order valence-corrected chi connectivity index (χ0v) is 16.9. The number of nitrogens with one attached hydrogen (secondary N) is 1. The van der Waals surface area contributed by atoms with Crippen molar-refractivity contribution < 1.29 is 4.74 Å².